The summed E-state index contributed by atoms with van der Waals surface area (Å²) in [7, 11) is 0. The first-order valence-corrected chi connectivity index (χ1v) is 8.08. The minimum atomic E-state index is -0.348. The van der Waals surface area contributed by atoms with Gasteiger partial charge >= 0.3 is 0 Å². The van der Waals surface area contributed by atoms with E-state index in [0.29, 0.717) is 25.9 Å². The number of phenols is 2. The van der Waals surface area contributed by atoms with E-state index in [9.17, 15) is 15.0 Å². The van der Waals surface area contributed by atoms with E-state index in [4.69, 9.17) is 4.74 Å². The summed E-state index contributed by atoms with van der Waals surface area (Å²) >= 11 is 0. The van der Waals surface area contributed by atoms with Crippen molar-refractivity contribution in [2.45, 2.75) is 25.9 Å². The summed E-state index contributed by atoms with van der Waals surface area (Å²) in [5, 5.41) is 19.7. The van der Waals surface area contributed by atoms with Crippen LogP contribution in [0.5, 0.6) is 17.2 Å². The van der Waals surface area contributed by atoms with Gasteiger partial charge in [-0.05, 0) is 31.2 Å². The second kappa shape index (κ2) is 6.83. The third kappa shape index (κ3) is 3.45. The molecule has 2 N–H and O–H groups in total. The van der Waals surface area contributed by atoms with E-state index in [2.05, 4.69) is 0 Å². The number of hydrogen-bond donors (Lipinski definition) is 2. The summed E-state index contributed by atoms with van der Waals surface area (Å²) in [5.74, 6) is 0.0965. The fourth-order valence-corrected chi connectivity index (χ4v) is 2.89. The Balaban J connectivity index is 1.60. The van der Waals surface area contributed by atoms with Crippen LogP contribution in [0.4, 0.5) is 0 Å². The number of aromatic hydroxyl groups is 2. The van der Waals surface area contributed by atoms with E-state index < -0.39 is 0 Å². The molecule has 0 unspecified atom stereocenters. The quantitative estimate of drug-likeness (QED) is 0.909. The number of phenolic OH excluding ortho intramolecular Hbond substituents is 2. The zero-order valence-corrected chi connectivity index (χ0v) is 13.6. The number of likely N-dealkylation sites (tertiary alicyclic amines) is 1. The molecule has 2 aromatic carbocycles. The van der Waals surface area contributed by atoms with Crippen LogP contribution in [0.15, 0.2) is 42.5 Å². The lowest BCUT2D eigenvalue weighted by molar-refractivity contribution is 0.0590. The topological polar surface area (TPSA) is 70.0 Å². The number of amides is 1. The molecule has 3 rings (SSSR count). The lowest BCUT2D eigenvalue weighted by atomic mass is 10.1. The molecule has 1 fully saturated rings. The molecule has 0 bridgehead atoms. The summed E-state index contributed by atoms with van der Waals surface area (Å²) in [6.07, 6.45) is 1.50. The molecule has 1 aliphatic heterocycles. The predicted octanol–water partition coefficient (Wildman–Crippen LogP) is 3.09. The van der Waals surface area contributed by atoms with Crippen LogP contribution in [0.3, 0.4) is 0 Å². The molecule has 0 radical (unpaired) electrons. The normalized spacial score (nSPS) is 15.3. The van der Waals surface area contributed by atoms with E-state index in [-0.39, 0.29) is 29.1 Å². The Hall–Kier alpha value is -2.69. The Morgan fingerprint density at radius 2 is 1.62 bits per heavy atom. The summed E-state index contributed by atoms with van der Waals surface area (Å²) in [6.45, 7) is 3.09. The lowest BCUT2D eigenvalue weighted by Crippen LogP contribution is -2.41. The van der Waals surface area contributed by atoms with Gasteiger partial charge in [-0.15, -0.1) is 0 Å². The molecule has 1 aliphatic rings. The van der Waals surface area contributed by atoms with Crippen molar-refractivity contribution in [1.29, 1.82) is 0 Å². The number of piperidine rings is 1. The van der Waals surface area contributed by atoms with Gasteiger partial charge in [0, 0.05) is 25.9 Å². The largest absolute Gasteiger partial charge is 0.507 e. The zero-order chi connectivity index (χ0) is 17.1. The minimum absolute atomic E-state index is 0.0320. The molecule has 2 aromatic rings. The highest BCUT2D eigenvalue weighted by Gasteiger charge is 2.27. The van der Waals surface area contributed by atoms with Gasteiger partial charge in [0.25, 0.3) is 5.91 Å². The zero-order valence-electron chi connectivity index (χ0n) is 13.6. The van der Waals surface area contributed by atoms with Crippen molar-refractivity contribution in [3.8, 4) is 17.2 Å². The number of benzene rings is 2. The third-order valence-electron chi connectivity index (χ3n) is 4.29. The molecule has 1 heterocycles. The Labute approximate surface area is 141 Å². The molecular formula is C19H21NO4. The van der Waals surface area contributed by atoms with Gasteiger partial charge in [0.05, 0.1) is 0 Å². The van der Waals surface area contributed by atoms with Crippen LogP contribution in [0.1, 0.15) is 28.8 Å². The molecule has 0 atom stereocenters. The lowest BCUT2D eigenvalue weighted by Gasteiger charge is -2.32. The van der Waals surface area contributed by atoms with E-state index >= 15 is 0 Å². The number of hydrogen-bond acceptors (Lipinski definition) is 4. The Morgan fingerprint density at radius 1 is 1.04 bits per heavy atom. The minimum Gasteiger partial charge on any atom is -0.507 e. The van der Waals surface area contributed by atoms with Crippen molar-refractivity contribution in [3.05, 3.63) is 53.6 Å². The molecular weight excluding hydrogens is 306 g/mol. The maximum absolute atomic E-state index is 12.5. The van der Waals surface area contributed by atoms with E-state index in [1.54, 1.807) is 4.90 Å². The van der Waals surface area contributed by atoms with E-state index in [0.717, 1.165) is 5.75 Å². The average Bonchev–Trinajstić information content (AvgIpc) is 2.57. The summed E-state index contributed by atoms with van der Waals surface area (Å²) in [6, 6.07) is 12.2. The molecule has 0 aliphatic carbocycles. The number of ether oxygens (including phenoxy) is 1. The highest BCUT2D eigenvalue weighted by atomic mass is 16.5. The number of carbonyl (C=O) groups is 1. The number of aryl methyl sites for hydroxylation is 1. The standard InChI is InChI=1S/C19H21NO4/c1-13-5-7-14(8-6-13)24-15-9-11-20(12-10-15)19(23)18-16(21)3-2-4-17(18)22/h2-8,15,21-22H,9-12H2,1H3. The molecule has 5 nitrogen and oxygen atoms in total. The van der Waals surface area contributed by atoms with Crippen LogP contribution < -0.4 is 4.74 Å². The highest BCUT2D eigenvalue weighted by molar-refractivity contribution is 5.99. The van der Waals surface area contributed by atoms with Gasteiger partial charge in [-0.2, -0.15) is 0 Å². The van der Waals surface area contributed by atoms with Gasteiger partial charge in [0.15, 0.2) is 0 Å². The van der Waals surface area contributed by atoms with Crippen molar-refractivity contribution in [1.82, 2.24) is 4.90 Å². The van der Waals surface area contributed by atoms with Crippen LogP contribution >= 0.6 is 0 Å². The second-order valence-corrected chi connectivity index (χ2v) is 6.09. The monoisotopic (exact) mass is 327 g/mol. The van der Waals surface area contributed by atoms with Gasteiger partial charge < -0.3 is 19.8 Å². The highest BCUT2D eigenvalue weighted by Crippen LogP contribution is 2.29. The molecule has 0 saturated carbocycles. The van der Waals surface area contributed by atoms with Crippen molar-refractivity contribution in [2.75, 3.05) is 13.1 Å². The number of carbonyl (C=O) groups excluding carboxylic acids is 1. The number of rotatable bonds is 3. The molecule has 5 heteroatoms. The van der Waals surface area contributed by atoms with Crippen LogP contribution in [0.25, 0.3) is 0 Å². The molecule has 126 valence electrons. The van der Waals surface area contributed by atoms with Crippen LogP contribution in [0.2, 0.25) is 0 Å². The van der Waals surface area contributed by atoms with Crippen molar-refractivity contribution in [3.63, 3.8) is 0 Å². The van der Waals surface area contributed by atoms with Gasteiger partial charge in [0.2, 0.25) is 0 Å². The molecule has 0 spiro atoms. The SMILES string of the molecule is Cc1ccc(OC2CCN(C(=O)c3c(O)cccc3O)CC2)cc1. The van der Waals surface area contributed by atoms with Crippen molar-refractivity contribution >= 4 is 5.91 Å². The second-order valence-electron chi connectivity index (χ2n) is 6.09. The smallest absolute Gasteiger partial charge is 0.261 e. The summed E-state index contributed by atoms with van der Waals surface area (Å²) in [5.41, 5.74) is 1.15. The Bertz CT molecular complexity index is 698. The Morgan fingerprint density at radius 3 is 2.21 bits per heavy atom. The third-order valence-corrected chi connectivity index (χ3v) is 4.29. The average molecular weight is 327 g/mol. The van der Waals surface area contributed by atoms with E-state index in [1.165, 1.54) is 23.8 Å². The fraction of sp³-hybridized carbons (Fsp3) is 0.316. The van der Waals surface area contributed by atoms with Gasteiger partial charge in [-0.1, -0.05) is 23.8 Å². The maximum atomic E-state index is 12.5. The molecule has 24 heavy (non-hydrogen) atoms. The van der Waals surface area contributed by atoms with Gasteiger partial charge in [-0.3, -0.25) is 4.79 Å². The van der Waals surface area contributed by atoms with Crippen LogP contribution in [-0.4, -0.2) is 40.2 Å². The summed E-state index contributed by atoms with van der Waals surface area (Å²) < 4.78 is 5.95. The van der Waals surface area contributed by atoms with Crippen molar-refractivity contribution < 1.29 is 19.7 Å². The predicted molar refractivity (Wildman–Crippen MR) is 90.5 cm³/mol. The number of nitrogens with zero attached hydrogens (tertiary/aromatic N) is 1. The first-order valence-electron chi connectivity index (χ1n) is 8.08. The van der Waals surface area contributed by atoms with Gasteiger partial charge in [-0.25, -0.2) is 0 Å². The molecule has 0 aromatic heterocycles. The fourth-order valence-electron chi connectivity index (χ4n) is 2.89. The Kier molecular flexibility index (Phi) is 4.60. The summed E-state index contributed by atoms with van der Waals surface area (Å²) in [4.78, 5) is 14.2. The molecule has 1 amide bonds. The van der Waals surface area contributed by atoms with Crippen LogP contribution in [0, 0.1) is 6.92 Å². The van der Waals surface area contributed by atoms with Crippen molar-refractivity contribution in [2.24, 2.45) is 0 Å². The molecule has 1 saturated heterocycles. The van der Waals surface area contributed by atoms with E-state index in [1.807, 2.05) is 31.2 Å². The van der Waals surface area contributed by atoms with Crippen LogP contribution in [-0.2, 0) is 0 Å². The van der Waals surface area contributed by atoms with Gasteiger partial charge in [0.1, 0.15) is 28.9 Å². The first-order chi connectivity index (χ1) is 11.5. The maximum Gasteiger partial charge on any atom is 0.261 e. The first kappa shape index (κ1) is 16.2.